The third-order valence-corrected chi connectivity index (χ3v) is 3.88. The molecule has 0 aliphatic heterocycles. The van der Waals surface area contributed by atoms with Crippen LogP contribution in [0, 0.1) is 0 Å². The summed E-state index contributed by atoms with van der Waals surface area (Å²) in [6.07, 6.45) is 0. The van der Waals surface area contributed by atoms with Crippen molar-refractivity contribution in [2.24, 2.45) is 5.73 Å². The molecule has 0 unspecified atom stereocenters. The Bertz CT molecular complexity index is 692. The van der Waals surface area contributed by atoms with Gasteiger partial charge in [-0.2, -0.15) is 0 Å². The summed E-state index contributed by atoms with van der Waals surface area (Å²) < 4.78 is 11.4. The van der Waals surface area contributed by atoms with Gasteiger partial charge in [0, 0.05) is 5.56 Å². The van der Waals surface area contributed by atoms with Crippen LogP contribution in [0.1, 0.15) is 18.1 Å². The van der Waals surface area contributed by atoms with Crippen LogP contribution in [0.3, 0.4) is 0 Å². The van der Waals surface area contributed by atoms with Crippen LogP contribution in [-0.4, -0.2) is 11.6 Å². The zero-order valence-electron chi connectivity index (χ0n) is 11.9. The van der Waals surface area contributed by atoms with Crippen molar-refractivity contribution < 1.29 is 9.47 Å². The number of nitrogens with two attached hydrogens (primary N) is 1. The number of halogens is 2. The van der Waals surface area contributed by atoms with E-state index in [1.54, 1.807) is 30.3 Å². The molecular weight excluding hydrogens is 341 g/mol. The molecule has 116 valence electrons. The van der Waals surface area contributed by atoms with Crippen molar-refractivity contribution in [3.05, 3.63) is 57.6 Å². The van der Waals surface area contributed by atoms with Gasteiger partial charge >= 0.3 is 0 Å². The molecule has 0 saturated carbocycles. The van der Waals surface area contributed by atoms with Crippen molar-refractivity contribution in [1.29, 1.82) is 0 Å². The summed E-state index contributed by atoms with van der Waals surface area (Å²) in [5, 5.41) is 1.01. The lowest BCUT2D eigenvalue weighted by molar-refractivity contribution is 0.269. The van der Waals surface area contributed by atoms with Crippen LogP contribution in [0.15, 0.2) is 36.4 Å². The van der Waals surface area contributed by atoms with E-state index in [2.05, 4.69) is 0 Å². The van der Waals surface area contributed by atoms with E-state index in [0.717, 1.165) is 11.1 Å². The molecule has 22 heavy (non-hydrogen) atoms. The Morgan fingerprint density at radius 3 is 2.45 bits per heavy atom. The monoisotopic (exact) mass is 355 g/mol. The number of hydrogen-bond donors (Lipinski definition) is 1. The SMILES string of the molecule is CCOc1cc(C(N)=S)ccc1OCc1ccc(Cl)c(Cl)c1. The van der Waals surface area contributed by atoms with Crippen LogP contribution in [0.4, 0.5) is 0 Å². The highest BCUT2D eigenvalue weighted by molar-refractivity contribution is 7.80. The fraction of sp³-hybridized carbons (Fsp3) is 0.188. The van der Waals surface area contributed by atoms with Gasteiger partial charge in [-0.25, -0.2) is 0 Å². The summed E-state index contributed by atoms with van der Waals surface area (Å²) in [6, 6.07) is 10.7. The third kappa shape index (κ3) is 4.26. The molecule has 0 atom stereocenters. The van der Waals surface area contributed by atoms with Crippen molar-refractivity contribution in [3.8, 4) is 11.5 Å². The zero-order valence-corrected chi connectivity index (χ0v) is 14.3. The number of thiocarbonyl (C=S) groups is 1. The zero-order chi connectivity index (χ0) is 16.1. The van der Waals surface area contributed by atoms with Crippen LogP contribution in [0.2, 0.25) is 10.0 Å². The quantitative estimate of drug-likeness (QED) is 0.768. The molecule has 0 aromatic heterocycles. The molecule has 0 spiro atoms. The van der Waals surface area contributed by atoms with E-state index in [1.807, 2.05) is 13.0 Å². The first-order chi connectivity index (χ1) is 10.5. The minimum atomic E-state index is 0.317. The first-order valence-electron chi connectivity index (χ1n) is 6.64. The molecule has 0 heterocycles. The molecule has 2 rings (SSSR count). The average molecular weight is 356 g/mol. The maximum Gasteiger partial charge on any atom is 0.161 e. The van der Waals surface area contributed by atoms with Gasteiger partial charge in [0.15, 0.2) is 11.5 Å². The summed E-state index contributed by atoms with van der Waals surface area (Å²) in [5.41, 5.74) is 7.28. The summed E-state index contributed by atoms with van der Waals surface area (Å²) in [5.74, 6) is 1.22. The third-order valence-electron chi connectivity index (χ3n) is 2.91. The van der Waals surface area contributed by atoms with E-state index in [1.165, 1.54) is 0 Å². The lowest BCUT2D eigenvalue weighted by Crippen LogP contribution is -2.10. The predicted molar refractivity (Wildman–Crippen MR) is 94.3 cm³/mol. The molecule has 2 aromatic carbocycles. The molecule has 2 aromatic rings. The molecule has 0 amide bonds. The molecule has 0 aliphatic rings. The first kappa shape index (κ1) is 16.9. The Labute approximate surface area is 144 Å². The van der Waals surface area contributed by atoms with Crippen LogP contribution >= 0.6 is 35.4 Å². The summed E-state index contributed by atoms with van der Waals surface area (Å²) >= 11 is 16.9. The number of benzene rings is 2. The normalized spacial score (nSPS) is 10.3. The van der Waals surface area contributed by atoms with E-state index in [0.29, 0.717) is 39.7 Å². The summed E-state index contributed by atoms with van der Waals surface area (Å²) in [7, 11) is 0. The van der Waals surface area contributed by atoms with Crippen molar-refractivity contribution in [2.45, 2.75) is 13.5 Å². The van der Waals surface area contributed by atoms with Gasteiger partial charge in [-0.3, -0.25) is 0 Å². The van der Waals surface area contributed by atoms with Crippen molar-refractivity contribution in [2.75, 3.05) is 6.61 Å². The van der Waals surface area contributed by atoms with Gasteiger partial charge in [0.1, 0.15) is 11.6 Å². The molecule has 0 radical (unpaired) electrons. The van der Waals surface area contributed by atoms with E-state index < -0.39 is 0 Å². The van der Waals surface area contributed by atoms with Crippen LogP contribution < -0.4 is 15.2 Å². The van der Waals surface area contributed by atoms with E-state index in [-0.39, 0.29) is 0 Å². The Balaban J connectivity index is 2.17. The van der Waals surface area contributed by atoms with Gasteiger partial charge in [-0.15, -0.1) is 0 Å². The molecule has 2 N–H and O–H groups in total. The van der Waals surface area contributed by atoms with Gasteiger partial charge in [0.25, 0.3) is 0 Å². The highest BCUT2D eigenvalue weighted by atomic mass is 35.5. The first-order valence-corrected chi connectivity index (χ1v) is 7.81. The lowest BCUT2D eigenvalue weighted by atomic mass is 10.2. The van der Waals surface area contributed by atoms with Crippen molar-refractivity contribution in [3.63, 3.8) is 0 Å². The fourth-order valence-electron chi connectivity index (χ4n) is 1.84. The highest BCUT2D eigenvalue weighted by Crippen LogP contribution is 2.30. The Morgan fingerprint density at radius 2 is 1.82 bits per heavy atom. The van der Waals surface area contributed by atoms with Crippen LogP contribution in [0.25, 0.3) is 0 Å². The fourth-order valence-corrected chi connectivity index (χ4v) is 2.29. The standard InChI is InChI=1S/C16H15Cl2NO2S/c1-2-20-15-8-11(16(19)22)4-6-14(15)21-9-10-3-5-12(17)13(18)7-10/h3-8H,2,9H2,1H3,(H2,19,22). The molecule has 0 fully saturated rings. The van der Waals surface area contributed by atoms with Gasteiger partial charge < -0.3 is 15.2 Å². The van der Waals surface area contributed by atoms with Gasteiger partial charge in [0.2, 0.25) is 0 Å². The molecule has 0 bridgehead atoms. The second-order valence-electron chi connectivity index (χ2n) is 4.50. The van der Waals surface area contributed by atoms with E-state index in [9.17, 15) is 0 Å². The number of rotatable bonds is 6. The largest absolute Gasteiger partial charge is 0.490 e. The maximum absolute atomic E-state index is 5.99. The Kier molecular flexibility index (Phi) is 5.89. The topological polar surface area (TPSA) is 44.5 Å². The molecular formula is C16H15Cl2NO2S. The minimum absolute atomic E-state index is 0.317. The van der Waals surface area contributed by atoms with Crippen LogP contribution in [-0.2, 0) is 6.61 Å². The molecule has 0 aliphatic carbocycles. The van der Waals surface area contributed by atoms with Gasteiger partial charge in [-0.05, 0) is 42.8 Å². The van der Waals surface area contributed by atoms with Crippen molar-refractivity contribution in [1.82, 2.24) is 0 Å². The molecule has 3 nitrogen and oxygen atoms in total. The molecule has 6 heteroatoms. The molecule has 0 saturated heterocycles. The van der Waals surface area contributed by atoms with Crippen molar-refractivity contribution >= 4 is 40.4 Å². The summed E-state index contributed by atoms with van der Waals surface area (Å²) in [4.78, 5) is 0.317. The van der Waals surface area contributed by atoms with E-state index >= 15 is 0 Å². The smallest absolute Gasteiger partial charge is 0.161 e. The van der Waals surface area contributed by atoms with Gasteiger partial charge in [-0.1, -0.05) is 41.5 Å². The Morgan fingerprint density at radius 1 is 1.05 bits per heavy atom. The summed E-state index contributed by atoms with van der Waals surface area (Å²) in [6.45, 7) is 2.77. The second-order valence-corrected chi connectivity index (χ2v) is 5.75. The number of hydrogen-bond acceptors (Lipinski definition) is 3. The second kappa shape index (κ2) is 7.68. The average Bonchev–Trinajstić information content (AvgIpc) is 2.49. The minimum Gasteiger partial charge on any atom is -0.490 e. The lowest BCUT2D eigenvalue weighted by Gasteiger charge is -2.13. The maximum atomic E-state index is 5.99. The van der Waals surface area contributed by atoms with Crippen LogP contribution in [0.5, 0.6) is 11.5 Å². The van der Waals surface area contributed by atoms with Gasteiger partial charge in [0.05, 0.1) is 16.7 Å². The number of ether oxygens (including phenoxy) is 2. The predicted octanol–water partition coefficient (Wildman–Crippen LogP) is 4.61. The highest BCUT2D eigenvalue weighted by Gasteiger charge is 2.09. The Hall–Kier alpha value is -1.49. The van der Waals surface area contributed by atoms with E-state index in [4.69, 9.17) is 50.6 Å².